The Morgan fingerprint density at radius 1 is 1.44 bits per heavy atom. The molecule has 0 amide bonds. The van der Waals surface area contributed by atoms with Crippen LogP contribution in [0, 0.1) is 0 Å². The molecule has 0 atom stereocenters. The lowest BCUT2D eigenvalue weighted by molar-refractivity contribution is 0.633. The van der Waals surface area contributed by atoms with Crippen LogP contribution in [-0.4, -0.2) is 26.8 Å². The van der Waals surface area contributed by atoms with Gasteiger partial charge >= 0.3 is 0 Å². The number of hydrogen-bond acceptors (Lipinski definition) is 4. The fraction of sp³-hybridized carbons (Fsp3) is 0.364. The molecule has 0 bridgehead atoms. The number of tetrazole rings is 1. The molecule has 0 aliphatic rings. The topological polar surface area (TPSA) is 55.6 Å². The second-order valence-corrected chi connectivity index (χ2v) is 5.10. The molecule has 1 aromatic carbocycles. The molecule has 0 aliphatic heterocycles. The monoisotopic (exact) mass is 329 g/mol. The van der Waals surface area contributed by atoms with Crippen molar-refractivity contribution in [2.24, 2.45) is 0 Å². The van der Waals surface area contributed by atoms with Crippen molar-refractivity contribution in [3.05, 3.63) is 33.5 Å². The van der Waals surface area contributed by atoms with Gasteiger partial charge in [0.25, 0.3) is 0 Å². The van der Waals surface area contributed by atoms with Crippen LogP contribution in [0.15, 0.2) is 22.7 Å². The summed E-state index contributed by atoms with van der Waals surface area (Å²) in [6.45, 7) is 3.66. The summed E-state index contributed by atoms with van der Waals surface area (Å²) in [5, 5.41) is 15.5. The highest BCUT2D eigenvalue weighted by Crippen LogP contribution is 2.24. The number of aromatic nitrogens is 4. The van der Waals surface area contributed by atoms with Gasteiger partial charge in [0, 0.05) is 4.47 Å². The second-order valence-electron chi connectivity index (χ2n) is 3.78. The number of nitrogens with zero attached hydrogens (tertiary/aromatic N) is 4. The minimum Gasteiger partial charge on any atom is -0.310 e. The molecule has 0 unspecified atom stereocenters. The SMILES string of the molecule is CCCNCc1nnnn1-c1ccc(Br)cc1Cl. The lowest BCUT2D eigenvalue weighted by atomic mass is 10.3. The Morgan fingerprint density at radius 2 is 2.28 bits per heavy atom. The van der Waals surface area contributed by atoms with Gasteiger partial charge in [0.1, 0.15) is 0 Å². The predicted octanol–water partition coefficient (Wildman–Crippen LogP) is 2.58. The second kappa shape index (κ2) is 6.26. The fourth-order valence-electron chi connectivity index (χ4n) is 1.53. The van der Waals surface area contributed by atoms with Crippen LogP contribution in [0.1, 0.15) is 19.2 Å². The Morgan fingerprint density at radius 3 is 3.00 bits per heavy atom. The minimum atomic E-state index is 0.605. The van der Waals surface area contributed by atoms with Gasteiger partial charge in [-0.25, -0.2) is 0 Å². The first-order valence-corrected chi connectivity index (χ1v) is 6.83. The van der Waals surface area contributed by atoms with Crippen LogP contribution in [0.2, 0.25) is 5.02 Å². The average Bonchev–Trinajstić information content (AvgIpc) is 2.78. The lowest BCUT2D eigenvalue weighted by Crippen LogP contribution is -2.17. The van der Waals surface area contributed by atoms with Crippen LogP contribution < -0.4 is 5.32 Å². The maximum Gasteiger partial charge on any atom is 0.170 e. The summed E-state index contributed by atoms with van der Waals surface area (Å²) in [5.41, 5.74) is 0.776. The van der Waals surface area contributed by atoms with E-state index >= 15 is 0 Å². The Balaban J connectivity index is 2.25. The molecular weight excluding hydrogens is 318 g/mol. The number of halogens is 2. The summed E-state index contributed by atoms with van der Waals surface area (Å²) in [6.07, 6.45) is 1.07. The van der Waals surface area contributed by atoms with Crippen molar-refractivity contribution in [1.82, 2.24) is 25.5 Å². The summed E-state index contributed by atoms with van der Waals surface area (Å²) in [6, 6.07) is 5.61. The van der Waals surface area contributed by atoms with Crippen LogP contribution in [-0.2, 0) is 6.54 Å². The molecule has 2 rings (SSSR count). The molecule has 0 spiro atoms. The molecule has 1 aromatic heterocycles. The highest BCUT2D eigenvalue weighted by Gasteiger charge is 2.11. The largest absolute Gasteiger partial charge is 0.310 e. The van der Waals surface area contributed by atoms with Gasteiger partial charge in [-0.05, 0) is 41.6 Å². The van der Waals surface area contributed by atoms with E-state index in [2.05, 4.69) is 43.7 Å². The highest BCUT2D eigenvalue weighted by molar-refractivity contribution is 9.10. The molecule has 5 nitrogen and oxygen atoms in total. The van der Waals surface area contributed by atoms with Crippen molar-refractivity contribution in [2.75, 3.05) is 6.54 Å². The Labute approximate surface area is 119 Å². The van der Waals surface area contributed by atoms with Crippen LogP contribution >= 0.6 is 27.5 Å². The minimum absolute atomic E-state index is 0.605. The molecule has 0 saturated carbocycles. The molecule has 96 valence electrons. The van der Waals surface area contributed by atoms with Gasteiger partial charge in [-0.2, -0.15) is 4.68 Å². The van der Waals surface area contributed by atoms with Crippen molar-refractivity contribution >= 4 is 27.5 Å². The van der Waals surface area contributed by atoms with Crippen molar-refractivity contribution in [1.29, 1.82) is 0 Å². The van der Waals surface area contributed by atoms with E-state index in [4.69, 9.17) is 11.6 Å². The molecule has 0 aliphatic carbocycles. The molecule has 0 radical (unpaired) electrons. The summed E-state index contributed by atoms with van der Waals surface area (Å²) >= 11 is 9.56. The molecule has 18 heavy (non-hydrogen) atoms. The van der Waals surface area contributed by atoms with E-state index in [0.29, 0.717) is 11.6 Å². The average molecular weight is 331 g/mol. The Hall–Kier alpha value is -0.980. The van der Waals surface area contributed by atoms with E-state index < -0.39 is 0 Å². The van der Waals surface area contributed by atoms with Gasteiger partial charge in [-0.15, -0.1) is 5.10 Å². The van der Waals surface area contributed by atoms with Crippen LogP contribution in [0.5, 0.6) is 0 Å². The smallest absolute Gasteiger partial charge is 0.170 e. The first-order chi connectivity index (χ1) is 8.72. The Bertz CT molecular complexity index is 528. The summed E-state index contributed by atoms with van der Waals surface area (Å²) in [5.74, 6) is 0.743. The molecule has 0 fully saturated rings. The standard InChI is InChI=1S/C11H13BrClN5/c1-2-5-14-7-11-15-16-17-18(11)10-4-3-8(12)6-9(10)13/h3-4,6,14H,2,5,7H2,1H3. The van der Waals surface area contributed by atoms with Crippen LogP contribution in [0.25, 0.3) is 5.69 Å². The van der Waals surface area contributed by atoms with Crippen molar-refractivity contribution < 1.29 is 0 Å². The first kappa shape index (κ1) is 13.5. The zero-order valence-electron chi connectivity index (χ0n) is 9.90. The summed E-state index contributed by atoms with van der Waals surface area (Å²) in [4.78, 5) is 0. The third-order valence-corrected chi connectivity index (χ3v) is 3.18. The van der Waals surface area contributed by atoms with Gasteiger partial charge in [0.2, 0.25) is 0 Å². The number of benzene rings is 1. The third-order valence-electron chi connectivity index (χ3n) is 2.38. The number of hydrogen-bond donors (Lipinski definition) is 1. The van der Waals surface area contributed by atoms with Gasteiger partial charge in [0.15, 0.2) is 5.82 Å². The van der Waals surface area contributed by atoms with Gasteiger partial charge in [-0.1, -0.05) is 34.5 Å². The Kier molecular flexibility index (Phi) is 4.68. The van der Waals surface area contributed by atoms with Crippen LogP contribution in [0.3, 0.4) is 0 Å². The van der Waals surface area contributed by atoms with Gasteiger partial charge in [-0.3, -0.25) is 0 Å². The highest BCUT2D eigenvalue weighted by atomic mass is 79.9. The quantitative estimate of drug-likeness (QED) is 0.856. The summed E-state index contributed by atoms with van der Waals surface area (Å²) in [7, 11) is 0. The maximum atomic E-state index is 6.19. The summed E-state index contributed by atoms with van der Waals surface area (Å²) < 4.78 is 2.58. The zero-order valence-corrected chi connectivity index (χ0v) is 12.2. The molecule has 0 saturated heterocycles. The molecule has 7 heteroatoms. The van der Waals surface area contributed by atoms with Crippen LogP contribution in [0.4, 0.5) is 0 Å². The molecule has 1 N–H and O–H groups in total. The molecule has 2 aromatic rings. The van der Waals surface area contributed by atoms with Crippen molar-refractivity contribution in [2.45, 2.75) is 19.9 Å². The molecule has 1 heterocycles. The van der Waals surface area contributed by atoms with Gasteiger partial charge in [0.05, 0.1) is 17.3 Å². The number of nitrogens with one attached hydrogen (secondary N) is 1. The van der Waals surface area contributed by atoms with Crippen molar-refractivity contribution in [3.8, 4) is 5.69 Å². The third kappa shape index (κ3) is 3.07. The zero-order chi connectivity index (χ0) is 13.0. The van der Waals surface area contributed by atoms with E-state index in [1.54, 1.807) is 4.68 Å². The number of rotatable bonds is 5. The van der Waals surface area contributed by atoms with E-state index in [9.17, 15) is 0 Å². The fourth-order valence-corrected chi connectivity index (χ4v) is 2.29. The van der Waals surface area contributed by atoms with Gasteiger partial charge < -0.3 is 5.32 Å². The van der Waals surface area contributed by atoms with E-state index in [-0.39, 0.29) is 0 Å². The lowest BCUT2D eigenvalue weighted by Gasteiger charge is -2.07. The van der Waals surface area contributed by atoms with E-state index in [1.807, 2.05) is 18.2 Å². The maximum absolute atomic E-state index is 6.19. The van der Waals surface area contributed by atoms with Crippen molar-refractivity contribution in [3.63, 3.8) is 0 Å². The first-order valence-electron chi connectivity index (χ1n) is 5.65. The van der Waals surface area contributed by atoms with E-state index in [0.717, 1.165) is 29.0 Å². The molecular formula is C11H13BrClN5. The van der Waals surface area contributed by atoms with E-state index in [1.165, 1.54) is 0 Å². The normalized spacial score (nSPS) is 10.8. The predicted molar refractivity (Wildman–Crippen MR) is 73.9 cm³/mol.